The number of hydroxylamine groups is 2. The van der Waals surface area contributed by atoms with E-state index in [0.717, 1.165) is 5.69 Å². The fourth-order valence-corrected chi connectivity index (χ4v) is 1.90. The third-order valence-electron chi connectivity index (χ3n) is 2.86. The number of nitro benzene ring substituents is 1. The second-order valence-electron chi connectivity index (χ2n) is 3.89. The molecule has 1 heterocycles. The Morgan fingerprint density at radius 1 is 1.17 bits per heavy atom. The standard InChI is InChI=1S/C11H13N3O4/c15-9-18-13-7-5-12(6-8-13)10-1-3-11(4-2-10)14(16)17/h1-4,9H,5-8H2. The minimum Gasteiger partial charge on any atom is -0.371 e. The van der Waals surface area contributed by atoms with E-state index in [-0.39, 0.29) is 5.69 Å². The van der Waals surface area contributed by atoms with Crippen molar-refractivity contribution in [1.29, 1.82) is 0 Å². The van der Waals surface area contributed by atoms with E-state index in [2.05, 4.69) is 4.90 Å². The zero-order chi connectivity index (χ0) is 13.0. The van der Waals surface area contributed by atoms with Crippen LogP contribution in [0.3, 0.4) is 0 Å². The number of hydrogen-bond acceptors (Lipinski definition) is 6. The van der Waals surface area contributed by atoms with Crippen molar-refractivity contribution in [1.82, 2.24) is 5.06 Å². The lowest BCUT2D eigenvalue weighted by Crippen LogP contribution is -2.46. The molecule has 96 valence electrons. The first-order chi connectivity index (χ1) is 8.70. The first-order valence-corrected chi connectivity index (χ1v) is 5.55. The van der Waals surface area contributed by atoms with E-state index in [1.54, 1.807) is 17.2 Å². The van der Waals surface area contributed by atoms with Gasteiger partial charge in [-0.05, 0) is 12.1 Å². The molecule has 1 saturated heterocycles. The SMILES string of the molecule is O=CON1CCN(c2ccc([N+](=O)[O-])cc2)CC1. The average Bonchev–Trinajstić information content (AvgIpc) is 2.40. The summed E-state index contributed by atoms with van der Waals surface area (Å²) in [5.41, 5.74) is 1.02. The molecule has 0 unspecified atom stereocenters. The zero-order valence-electron chi connectivity index (χ0n) is 9.69. The molecule has 0 saturated carbocycles. The van der Waals surface area contributed by atoms with Gasteiger partial charge in [0.15, 0.2) is 0 Å². The maximum absolute atomic E-state index is 10.5. The maximum atomic E-state index is 10.5. The number of hydrogen-bond donors (Lipinski definition) is 0. The Hall–Kier alpha value is -2.15. The van der Waals surface area contributed by atoms with Crippen LogP contribution in [-0.4, -0.2) is 42.6 Å². The first-order valence-electron chi connectivity index (χ1n) is 5.55. The van der Waals surface area contributed by atoms with Crippen molar-refractivity contribution in [2.24, 2.45) is 0 Å². The third-order valence-corrected chi connectivity index (χ3v) is 2.86. The van der Waals surface area contributed by atoms with Crippen LogP contribution in [0.2, 0.25) is 0 Å². The van der Waals surface area contributed by atoms with Crippen LogP contribution < -0.4 is 4.90 Å². The summed E-state index contributed by atoms with van der Waals surface area (Å²) in [6.45, 7) is 3.09. The number of benzene rings is 1. The number of non-ortho nitro benzene ring substituents is 1. The lowest BCUT2D eigenvalue weighted by molar-refractivity contribution is -0.384. The summed E-state index contributed by atoms with van der Waals surface area (Å²) in [5, 5.41) is 12.1. The molecule has 0 amide bonds. The zero-order valence-corrected chi connectivity index (χ0v) is 9.69. The van der Waals surface area contributed by atoms with Crippen LogP contribution in [0.5, 0.6) is 0 Å². The predicted molar refractivity (Wildman–Crippen MR) is 64.0 cm³/mol. The number of carbonyl (C=O) groups excluding carboxylic acids is 1. The van der Waals surface area contributed by atoms with Crippen molar-refractivity contribution in [3.8, 4) is 0 Å². The molecule has 1 aromatic rings. The highest BCUT2D eigenvalue weighted by Gasteiger charge is 2.18. The summed E-state index contributed by atoms with van der Waals surface area (Å²) < 4.78 is 0. The van der Waals surface area contributed by atoms with Crippen molar-refractivity contribution in [2.45, 2.75) is 0 Å². The summed E-state index contributed by atoms with van der Waals surface area (Å²) in [4.78, 5) is 27.2. The number of anilines is 1. The van der Waals surface area contributed by atoms with Crippen LogP contribution in [0.1, 0.15) is 0 Å². The largest absolute Gasteiger partial charge is 0.371 e. The molecule has 0 N–H and O–H groups in total. The Labute approximate surface area is 104 Å². The summed E-state index contributed by atoms with van der Waals surface area (Å²) in [6.07, 6.45) is 0. The molecule has 0 aliphatic carbocycles. The highest BCUT2D eigenvalue weighted by molar-refractivity contribution is 5.51. The number of nitrogens with zero attached hydrogens (tertiary/aromatic N) is 3. The van der Waals surface area contributed by atoms with Crippen molar-refractivity contribution in [3.05, 3.63) is 34.4 Å². The topological polar surface area (TPSA) is 75.9 Å². The Balaban J connectivity index is 1.97. The van der Waals surface area contributed by atoms with Gasteiger partial charge in [-0.1, -0.05) is 0 Å². The van der Waals surface area contributed by atoms with Crippen molar-refractivity contribution in [2.75, 3.05) is 31.1 Å². The van der Waals surface area contributed by atoms with Gasteiger partial charge in [0.05, 0.1) is 18.0 Å². The van der Waals surface area contributed by atoms with Crippen LogP contribution in [0.25, 0.3) is 0 Å². The van der Waals surface area contributed by atoms with Gasteiger partial charge in [-0.2, -0.15) is 0 Å². The highest BCUT2D eigenvalue weighted by Crippen LogP contribution is 2.20. The maximum Gasteiger partial charge on any atom is 0.312 e. The van der Waals surface area contributed by atoms with Gasteiger partial charge in [0.25, 0.3) is 5.69 Å². The van der Waals surface area contributed by atoms with Crippen LogP contribution in [0.15, 0.2) is 24.3 Å². The molecule has 0 spiro atoms. The Kier molecular flexibility index (Phi) is 3.73. The second-order valence-corrected chi connectivity index (χ2v) is 3.89. The van der Waals surface area contributed by atoms with Gasteiger partial charge in [0.2, 0.25) is 0 Å². The Morgan fingerprint density at radius 2 is 1.78 bits per heavy atom. The van der Waals surface area contributed by atoms with E-state index >= 15 is 0 Å². The highest BCUT2D eigenvalue weighted by atomic mass is 16.7. The minimum absolute atomic E-state index is 0.0849. The van der Waals surface area contributed by atoms with Crippen molar-refractivity contribution >= 4 is 17.8 Å². The molecule has 0 radical (unpaired) electrons. The molecule has 7 nitrogen and oxygen atoms in total. The molecule has 0 bridgehead atoms. The molecule has 7 heteroatoms. The summed E-state index contributed by atoms with van der Waals surface area (Å²) >= 11 is 0. The van der Waals surface area contributed by atoms with E-state index in [0.29, 0.717) is 32.7 Å². The fourth-order valence-electron chi connectivity index (χ4n) is 1.90. The minimum atomic E-state index is -0.417. The van der Waals surface area contributed by atoms with Gasteiger partial charge in [0, 0.05) is 30.9 Å². The first kappa shape index (κ1) is 12.3. The smallest absolute Gasteiger partial charge is 0.312 e. The number of piperazine rings is 1. The molecule has 1 aliphatic rings. The van der Waals surface area contributed by atoms with Gasteiger partial charge < -0.3 is 9.74 Å². The lowest BCUT2D eigenvalue weighted by atomic mass is 10.2. The normalized spacial score (nSPS) is 16.3. The van der Waals surface area contributed by atoms with E-state index < -0.39 is 4.92 Å². The molecular weight excluding hydrogens is 238 g/mol. The third kappa shape index (κ3) is 2.75. The van der Waals surface area contributed by atoms with E-state index in [9.17, 15) is 14.9 Å². The number of carbonyl (C=O) groups is 1. The summed E-state index contributed by atoms with van der Waals surface area (Å²) in [7, 11) is 0. The molecule has 1 aliphatic heterocycles. The Morgan fingerprint density at radius 3 is 2.28 bits per heavy atom. The molecule has 2 rings (SSSR count). The molecule has 0 atom stereocenters. The van der Waals surface area contributed by atoms with Gasteiger partial charge in [-0.15, -0.1) is 5.06 Å². The molecule has 18 heavy (non-hydrogen) atoms. The second kappa shape index (κ2) is 5.46. The molecule has 1 aromatic carbocycles. The Bertz CT molecular complexity index is 426. The van der Waals surface area contributed by atoms with Gasteiger partial charge in [-0.3, -0.25) is 14.9 Å². The van der Waals surface area contributed by atoms with Crippen LogP contribution in [-0.2, 0) is 9.63 Å². The molecular formula is C11H13N3O4. The summed E-state index contributed by atoms with van der Waals surface area (Å²) in [6, 6.07) is 6.44. The van der Waals surface area contributed by atoms with Gasteiger partial charge in [-0.25, -0.2) is 0 Å². The van der Waals surface area contributed by atoms with Crippen LogP contribution in [0, 0.1) is 10.1 Å². The lowest BCUT2D eigenvalue weighted by Gasteiger charge is -2.33. The van der Waals surface area contributed by atoms with Crippen molar-refractivity contribution < 1.29 is 14.6 Å². The monoisotopic (exact) mass is 251 g/mol. The molecule has 1 fully saturated rings. The van der Waals surface area contributed by atoms with E-state index in [1.165, 1.54) is 12.1 Å². The van der Waals surface area contributed by atoms with Crippen LogP contribution in [0.4, 0.5) is 11.4 Å². The number of rotatable bonds is 4. The van der Waals surface area contributed by atoms with E-state index in [4.69, 9.17) is 4.84 Å². The average molecular weight is 251 g/mol. The quantitative estimate of drug-likeness (QED) is 0.447. The van der Waals surface area contributed by atoms with Gasteiger partial charge in [0.1, 0.15) is 0 Å². The van der Waals surface area contributed by atoms with E-state index in [1.807, 2.05) is 0 Å². The van der Waals surface area contributed by atoms with Gasteiger partial charge >= 0.3 is 6.47 Å². The predicted octanol–water partition coefficient (Wildman–Crippen LogP) is 0.805. The van der Waals surface area contributed by atoms with Crippen LogP contribution >= 0.6 is 0 Å². The molecule has 0 aromatic heterocycles. The fraction of sp³-hybridized carbons (Fsp3) is 0.364. The van der Waals surface area contributed by atoms with Crippen molar-refractivity contribution in [3.63, 3.8) is 0 Å². The summed E-state index contributed by atoms with van der Waals surface area (Å²) in [5.74, 6) is 0. The number of nitro groups is 1.